The lowest BCUT2D eigenvalue weighted by molar-refractivity contribution is 0.141. The lowest BCUT2D eigenvalue weighted by atomic mass is 9.69. The zero-order valence-corrected chi connectivity index (χ0v) is 10.9. The van der Waals surface area contributed by atoms with E-state index in [-0.39, 0.29) is 0 Å². The van der Waals surface area contributed by atoms with Crippen molar-refractivity contribution in [2.45, 2.75) is 65.7 Å². The van der Waals surface area contributed by atoms with Crippen molar-refractivity contribution in [1.82, 2.24) is 5.32 Å². The summed E-state index contributed by atoms with van der Waals surface area (Å²) >= 11 is 0. The van der Waals surface area contributed by atoms with Crippen LogP contribution in [-0.2, 0) is 0 Å². The van der Waals surface area contributed by atoms with E-state index in [2.05, 4.69) is 26.1 Å². The molecule has 90 valence electrons. The molecule has 0 spiro atoms. The Kier molecular flexibility index (Phi) is 5.66. The Morgan fingerprint density at radius 3 is 2.33 bits per heavy atom. The fraction of sp³-hybridized carbons (Fsp3) is 1.00. The van der Waals surface area contributed by atoms with E-state index in [0.29, 0.717) is 5.41 Å². The maximum atomic E-state index is 3.59. The van der Waals surface area contributed by atoms with Gasteiger partial charge >= 0.3 is 0 Å². The van der Waals surface area contributed by atoms with Crippen LogP contribution in [0.25, 0.3) is 0 Å². The van der Waals surface area contributed by atoms with Gasteiger partial charge in [-0.05, 0) is 37.1 Å². The van der Waals surface area contributed by atoms with E-state index in [9.17, 15) is 0 Å². The highest BCUT2D eigenvalue weighted by molar-refractivity contribution is 4.86. The van der Waals surface area contributed by atoms with E-state index in [1.165, 1.54) is 51.5 Å². The van der Waals surface area contributed by atoms with Gasteiger partial charge in [-0.1, -0.05) is 46.5 Å². The standard InChI is InChI=1S/C14H29N/c1-4-13(3)11-14(12-15-5-2)9-7-6-8-10-14/h13,15H,4-12H2,1-3H3. The van der Waals surface area contributed by atoms with Crippen molar-refractivity contribution in [3.63, 3.8) is 0 Å². The van der Waals surface area contributed by atoms with Crippen molar-refractivity contribution >= 4 is 0 Å². The van der Waals surface area contributed by atoms with Gasteiger partial charge in [0.1, 0.15) is 0 Å². The van der Waals surface area contributed by atoms with Crippen molar-refractivity contribution in [3.8, 4) is 0 Å². The Balaban J connectivity index is 2.49. The second kappa shape index (κ2) is 6.52. The van der Waals surface area contributed by atoms with Crippen LogP contribution in [0.3, 0.4) is 0 Å². The van der Waals surface area contributed by atoms with Crippen molar-refractivity contribution in [1.29, 1.82) is 0 Å². The molecule has 0 aromatic heterocycles. The molecule has 0 saturated heterocycles. The first-order valence-corrected chi connectivity index (χ1v) is 6.93. The van der Waals surface area contributed by atoms with Crippen LogP contribution in [0.15, 0.2) is 0 Å². The molecule has 1 aliphatic rings. The molecule has 1 atom stereocenters. The van der Waals surface area contributed by atoms with Gasteiger partial charge in [0.2, 0.25) is 0 Å². The first-order valence-electron chi connectivity index (χ1n) is 6.93. The number of hydrogen-bond donors (Lipinski definition) is 1. The highest BCUT2D eigenvalue weighted by atomic mass is 14.9. The normalized spacial score (nSPS) is 22.6. The first-order chi connectivity index (χ1) is 7.22. The first kappa shape index (κ1) is 13.0. The van der Waals surface area contributed by atoms with Crippen LogP contribution in [0.1, 0.15) is 65.7 Å². The second-order valence-electron chi connectivity index (χ2n) is 5.56. The molecule has 1 rings (SSSR count). The number of rotatable bonds is 6. The van der Waals surface area contributed by atoms with Gasteiger partial charge in [0.25, 0.3) is 0 Å². The fourth-order valence-corrected chi connectivity index (χ4v) is 3.03. The average molecular weight is 211 g/mol. The Morgan fingerprint density at radius 1 is 1.13 bits per heavy atom. The summed E-state index contributed by atoms with van der Waals surface area (Å²) in [6, 6.07) is 0. The van der Waals surface area contributed by atoms with E-state index in [1.54, 1.807) is 0 Å². The molecule has 0 aromatic rings. The van der Waals surface area contributed by atoms with Gasteiger partial charge in [-0.25, -0.2) is 0 Å². The number of nitrogens with one attached hydrogen (secondary N) is 1. The van der Waals surface area contributed by atoms with Crippen LogP contribution in [-0.4, -0.2) is 13.1 Å². The zero-order chi connectivity index (χ0) is 11.1. The third-order valence-electron chi connectivity index (χ3n) is 4.14. The summed E-state index contributed by atoms with van der Waals surface area (Å²) in [6.45, 7) is 9.35. The van der Waals surface area contributed by atoms with Crippen LogP contribution in [0.2, 0.25) is 0 Å². The van der Waals surface area contributed by atoms with Gasteiger partial charge in [-0.2, -0.15) is 0 Å². The lowest BCUT2D eigenvalue weighted by Crippen LogP contribution is -2.37. The molecule has 0 aliphatic heterocycles. The Bertz CT molecular complexity index is 159. The monoisotopic (exact) mass is 211 g/mol. The number of hydrogen-bond acceptors (Lipinski definition) is 1. The van der Waals surface area contributed by atoms with Crippen molar-refractivity contribution in [2.24, 2.45) is 11.3 Å². The van der Waals surface area contributed by atoms with Crippen LogP contribution in [0.5, 0.6) is 0 Å². The molecule has 1 aliphatic carbocycles. The highest BCUT2D eigenvalue weighted by Crippen LogP contribution is 2.41. The van der Waals surface area contributed by atoms with Gasteiger partial charge in [0, 0.05) is 6.54 Å². The van der Waals surface area contributed by atoms with E-state index < -0.39 is 0 Å². The zero-order valence-electron chi connectivity index (χ0n) is 10.9. The molecule has 1 nitrogen and oxygen atoms in total. The third-order valence-corrected chi connectivity index (χ3v) is 4.14. The molecule has 1 unspecified atom stereocenters. The molecule has 0 amide bonds. The predicted octanol–water partition coefficient (Wildman–Crippen LogP) is 3.98. The Hall–Kier alpha value is -0.0400. The fourth-order valence-electron chi connectivity index (χ4n) is 3.03. The van der Waals surface area contributed by atoms with E-state index in [1.807, 2.05) is 0 Å². The minimum atomic E-state index is 0.643. The molecular formula is C14H29N. The third kappa shape index (κ3) is 4.14. The Labute approximate surface area is 96.0 Å². The quantitative estimate of drug-likeness (QED) is 0.700. The molecule has 1 saturated carbocycles. The maximum absolute atomic E-state index is 3.59. The summed E-state index contributed by atoms with van der Waals surface area (Å²) < 4.78 is 0. The summed E-state index contributed by atoms with van der Waals surface area (Å²) in [5.74, 6) is 0.904. The van der Waals surface area contributed by atoms with Gasteiger partial charge in [-0.15, -0.1) is 0 Å². The minimum Gasteiger partial charge on any atom is -0.316 e. The molecule has 1 N–H and O–H groups in total. The summed E-state index contributed by atoms with van der Waals surface area (Å²) in [4.78, 5) is 0. The van der Waals surface area contributed by atoms with Crippen LogP contribution < -0.4 is 5.32 Å². The molecule has 0 bridgehead atoms. The summed E-state index contributed by atoms with van der Waals surface area (Å²) in [5.41, 5.74) is 0.643. The summed E-state index contributed by atoms with van der Waals surface area (Å²) in [5, 5.41) is 3.59. The van der Waals surface area contributed by atoms with E-state index in [0.717, 1.165) is 12.5 Å². The molecule has 15 heavy (non-hydrogen) atoms. The topological polar surface area (TPSA) is 12.0 Å². The molecule has 0 heterocycles. The maximum Gasteiger partial charge on any atom is 0.000779 e. The SMILES string of the molecule is CCNCC1(CC(C)CC)CCCCC1. The second-order valence-corrected chi connectivity index (χ2v) is 5.56. The predicted molar refractivity (Wildman–Crippen MR) is 68.1 cm³/mol. The van der Waals surface area contributed by atoms with Crippen molar-refractivity contribution in [3.05, 3.63) is 0 Å². The van der Waals surface area contributed by atoms with Crippen LogP contribution >= 0.6 is 0 Å². The minimum absolute atomic E-state index is 0.643. The van der Waals surface area contributed by atoms with E-state index >= 15 is 0 Å². The van der Waals surface area contributed by atoms with E-state index in [4.69, 9.17) is 0 Å². The van der Waals surface area contributed by atoms with Crippen molar-refractivity contribution < 1.29 is 0 Å². The lowest BCUT2D eigenvalue weighted by Gasteiger charge is -2.39. The van der Waals surface area contributed by atoms with Gasteiger partial charge in [0.15, 0.2) is 0 Å². The molecule has 1 heteroatoms. The summed E-state index contributed by atoms with van der Waals surface area (Å²) in [6.07, 6.45) is 10.1. The van der Waals surface area contributed by atoms with Crippen molar-refractivity contribution in [2.75, 3.05) is 13.1 Å². The largest absolute Gasteiger partial charge is 0.316 e. The molecule has 1 fully saturated rings. The molecule has 0 radical (unpaired) electrons. The van der Waals surface area contributed by atoms with Crippen LogP contribution in [0.4, 0.5) is 0 Å². The smallest absolute Gasteiger partial charge is 0.000779 e. The Morgan fingerprint density at radius 2 is 1.80 bits per heavy atom. The van der Waals surface area contributed by atoms with Gasteiger partial charge in [-0.3, -0.25) is 0 Å². The highest BCUT2D eigenvalue weighted by Gasteiger charge is 2.32. The van der Waals surface area contributed by atoms with Gasteiger partial charge in [0.05, 0.1) is 0 Å². The molecule has 0 aromatic carbocycles. The summed E-state index contributed by atoms with van der Waals surface area (Å²) in [7, 11) is 0. The average Bonchev–Trinajstić information content (AvgIpc) is 2.27. The van der Waals surface area contributed by atoms with Gasteiger partial charge < -0.3 is 5.32 Å². The molecular weight excluding hydrogens is 182 g/mol. The van der Waals surface area contributed by atoms with Crippen LogP contribution in [0, 0.1) is 11.3 Å².